The van der Waals surface area contributed by atoms with Gasteiger partial charge in [0.1, 0.15) is 11.4 Å². The highest BCUT2D eigenvalue weighted by Gasteiger charge is 2.36. The van der Waals surface area contributed by atoms with Crippen molar-refractivity contribution in [3.05, 3.63) is 59.8 Å². The molecule has 108 valence electrons. The molecule has 0 saturated heterocycles. The van der Waals surface area contributed by atoms with Crippen molar-refractivity contribution in [2.45, 2.75) is 18.4 Å². The molecule has 0 radical (unpaired) electrons. The van der Waals surface area contributed by atoms with E-state index in [1.54, 1.807) is 6.20 Å². The van der Waals surface area contributed by atoms with Crippen molar-refractivity contribution in [2.24, 2.45) is 10.7 Å². The number of rotatable bonds is 3. The van der Waals surface area contributed by atoms with Gasteiger partial charge < -0.3 is 16.2 Å². The quantitative estimate of drug-likeness (QED) is 0.590. The molecule has 1 unspecified atom stereocenters. The van der Waals surface area contributed by atoms with E-state index in [-0.39, 0.29) is 12.5 Å². The highest BCUT2D eigenvalue weighted by atomic mass is 16.3. The second-order valence-electron chi connectivity index (χ2n) is 5.23. The Morgan fingerprint density at radius 1 is 1.29 bits per heavy atom. The smallest absolute Gasteiger partial charge is 0.194 e. The second kappa shape index (κ2) is 5.54. The Hall–Kier alpha value is -2.40. The minimum absolute atomic E-state index is 0.246. The first-order valence-corrected chi connectivity index (χ1v) is 6.96. The first-order valence-electron chi connectivity index (χ1n) is 6.96. The third kappa shape index (κ3) is 2.87. The van der Waals surface area contributed by atoms with E-state index in [1.165, 1.54) is 5.56 Å². The summed E-state index contributed by atoms with van der Waals surface area (Å²) in [5.74, 6) is 0.893. The fourth-order valence-electron chi connectivity index (χ4n) is 2.66. The van der Waals surface area contributed by atoms with Crippen molar-refractivity contribution < 1.29 is 5.11 Å². The van der Waals surface area contributed by atoms with Gasteiger partial charge in [-0.2, -0.15) is 0 Å². The van der Waals surface area contributed by atoms with E-state index in [2.05, 4.69) is 15.3 Å². The minimum atomic E-state index is -0.924. The standard InChI is InChI=1S/C16H18N4O/c17-15(20-14-7-3-4-10-18-14)19-11-16(21)9-8-12-5-1-2-6-13(12)16/h1-7,10,21H,8-9,11H2,(H3,17,18,19,20). The lowest BCUT2D eigenvalue weighted by Crippen LogP contribution is -2.30. The molecule has 1 aliphatic carbocycles. The number of nitrogens with two attached hydrogens (primary N) is 1. The fourth-order valence-corrected chi connectivity index (χ4v) is 2.66. The summed E-state index contributed by atoms with van der Waals surface area (Å²) in [6.45, 7) is 0.246. The molecule has 5 nitrogen and oxygen atoms in total. The third-order valence-corrected chi connectivity index (χ3v) is 3.76. The Kier molecular flexibility index (Phi) is 3.58. The number of aliphatic imine (C=N–C) groups is 1. The summed E-state index contributed by atoms with van der Waals surface area (Å²) in [4.78, 5) is 8.38. The number of hydrogen-bond acceptors (Lipinski definition) is 3. The largest absolute Gasteiger partial charge is 0.383 e. The summed E-state index contributed by atoms with van der Waals surface area (Å²) in [5.41, 5.74) is 7.07. The average Bonchev–Trinajstić information content (AvgIpc) is 2.85. The number of benzene rings is 1. The van der Waals surface area contributed by atoms with Gasteiger partial charge in [-0.1, -0.05) is 30.3 Å². The predicted octanol–water partition coefficient (Wildman–Crippen LogP) is 1.64. The van der Waals surface area contributed by atoms with E-state index in [1.807, 2.05) is 42.5 Å². The Morgan fingerprint density at radius 3 is 2.90 bits per heavy atom. The van der Waals surface area contributed by atoms with Crippen LogP contribution in [-0.4, -0.2) is 22.6 Å². The van der Waals surface area contributed by atoms with Crippen LogP contribution in [0.2, 0.25) is 0 Å². The van der Waals surface area contributed by atoms with Crippen molar-refractivity contribution in [1.82, 2.24) is 4.98 Å². The zero-order chi connectivity index (χ0) is 14.7. The van der Waals surface area contributed by atoms with Crippen molar-refractivity contribution in [3.63, 3.8) is 0 Å². The van der Waals surface area contributed by atoms with E-state index in [0.29, 0.717) is 12.2 Å². The Balaban J connectivity index is 1.71. The van der Waals surface area contributed by atoms with E-state index in [9.17, 15) is 5.11 Å². The van der Waals surface area contributed by atoms with Gasteiger partial charge in [0, 0.05) is 6.20 Å². The van der Waals surface area contributed by atoms with Crippen molar-refractivity contribution in [3.8, 4) is 0 Å². The van der Waals surface area contributed by atoms with Crippen molar-refractivity contribution in [2.75, 3.05) is 11.9 Å². The van der Waals surface area contributed by atoms with E-state index < -0.39 is 5.60 Å². The molecule has 0 bridgehead atoms. The van der Waals surface area contributed by atoms with Crippen LogP contribution >= 0.6 is 0 Å². The van der Waals surface area contributed by atoms with Crippen LogP contribution in [0.4, 0.5) is 5.82 Å². The number of fused-ring (bicyclic) bond motifs is 1. The van der Waals surface area contributed by atoms with Crippen LogP contribution < -0.4 is 11.1 Å². The Bertz CT molecular complexity index is 656. The first-order chi connectivity index (χ1) is 10.2. The highest BCUT2D eigenvalue weighted by molar-refractivity contribution is 5.91. The van der Waals surface area contributed by atoms with Gasteiger partial charge in [0.15, 0.2) is 5.96 Å². The molecule has 1 aromatic carbocycles. The summed E-state index contributed by atoms with van der Waals surface area (Å²) in [6, 6.07) is 13.4. The molecule has 1 aromatic heterocycles. The molecule has 4 N–H and O–H groups in total. The lowest BCUT2D eigenvalue weighted by atomic mass is 9.96. The van der Waals surface area contributed by atoms with E-state index in [0.717, 1.165) is 12.0 Å². The average molecular weight is 282 g/mol. The number of pyridine rings is 1. The molecular weight excluding hydrogens is 264 g/mol. The van der Waals surface area contributed by atoms with Crippen LogP contribution in [0.3, 0.4) is 0 Å². The maximum Gasteiger partial charge on any atom is 0.194 e. The lowest BCUT2D eigenvalue weighted by Gasteiger charge is -2.22. The molecule has 5 heteroatoms. The third-order valence-electron chi connectivity index (χ3n) is 3.76. The number of hydrogen-bond donors (Lipinski definition) is 3. The molecule has 3 rings (SSSR count). The van der Waals surface area contributed by atoms with Gasteiger partial charge in [-0.3, -0.25) is 0 Å². The number of nitrogens with one attached hydrogen (secondary N) is 1. The molecule has 21 heavy (non-hydrogen) atoms. The van der Waals surface area contributed by atoms with Crippen LogP contribution in [0.1, 0.15) is 17.5 Å². The number of aliphatic hydroxyl groups is 1. The molecule has 0 spiro atoms. The Labute approximate surface area is 123 Å². The number of aryl methyl sites for hydroxylation is 1. The summed E-state index contributed by atoms with van der Waals surface area (Å²) in [5, 5.41) is 13.7. The monoisotopic (exact) mass is 282 g/mol. The maximum absolute atomic E-state index is 10.8. The fraction of sp³-hybridized carbons (Fsp3) is 0.250. The van der Waals surface area contributed by atoms with Crippen molar-refractivity contribution >= 4 is 11.8 Å². The van der Waals surface area contributed by atoms with Crippen molar-refractivity contribution in [1.29, 1.82) is 0 Å². The zero-order valence-electron chi connectivity index (χ0n) is 11.7. The highest BCUT2D eigenvalue weighted by Crippen LogP contribution is 2.36. The minimum Gasteiger partial charge on any atom is -0.383 e. The van der Waals surface area contributed by atoms with Gasteiger partial charge in [0.2, 0.25) is 0 Å². The Morgan fingerprint density at radius 2 is 2.10 bits per heavy atom. The van der Waals surface area contributed by atoms with Crippen LogP contribution in [0.25, 0.3) is 0 Å². The zero-order valence-corrected chi connectivity index (χ0v) is 11.7. The van der Waals surface area contributed by atoms with Crippen LogP contribution in [0.15, 0.2) is 53.7 Å². The van der Waals surface area contributed by atoms with Crippen LogP contribution in [0.5, 0.6) is 0 Å². The van der Waals surface area contributed by atoms with E-state index in [4.69, 9.17) is 5.73 Å². The molecule has 0 aliphatic heterocycles. The molecule has 2 aromatic rings. The number of nitrogens with zero attached hydrogens (tertiary/aromatic N) is 2. The molecule has 1 heterocycles. The normalized spacial score (nSPS) is 21.1. The SMILES string of the molecule is NC(=NCC1(O)CCc2ccccc21)Nc1ccccn1. The molecule has 1 aliphatic rings. The number of aromatic nitrogens is 1. The summed E-state index contributed by atoms with van der Waals surface area (Å²) in [6.07, 6.45) is 3.22. The number of guanidine groups is 1. The van der Waals surface area contributed by atoms with Gasteiger partial charge in [-0.25, -0.2) is 9.98 Å². The lowest BCUT2D eigenvalue weighted by molar-refractivity contribution is 0.0487. The first kappa shape index (κ1) is 13.6. The van der Waals surface area contributed by atoms with Gasteiger partial charge in [-0.05, 0) is 36.1 Å². The molecular formula is C16H18N4O. The maximum atomic E-state index is 10.8. The van der Waals surface area contributed by atoms with Crippen LogP contribution in [0, 0.1) is 0 Å². The summed E-state index contributed by atoms with van der Waals surface area (Å²) in [7, 11) is 0. The molecule has 1 atom stereocenters. The summed E-state index contributed by atoms with van der Waals surface area (Å²) >= 11 is 0. The molecule has 0 saturated carbocycles. The number of anilines is 1. The summed E-state index contributed by atoms with van der Waals surface area (Å²) < 4.78 is 0. The predicted molar refractivity (Wildman–Crippen MR) is 83.0 cm³/mol. The van der Waals surface area contributed by atoms with Crippen LogP contribution in [-0.2, 0) is 12.0 Å². The molecule has 0 amide bonds. The van der Waals surface area contributed by atoms with E-state index >= 15 is 0 Å². The van der Waals surface area contributed by atoms with Gasteiger partial charge in [0.05, 0.1) is 6.54 Å². The molecule has 0 fully saturated rings. The van der Waals surface area contributed by atoms with Gasteiger partial charge in [0.25, 0.3) is 0 Å². The van der Waals surface area contributed by atoms with Gasteiger partial charge in [-0.15, -0.1) is 0 Å². The topological polar surface area (TPSA) is 83.5 Å². The second-order valence-corrected chi connectivity index (χ2v) is 5.23. The van der Waals surface area contributed by atoms with Gasteiger partial charge >= 0.3 is 0 Å².